The monoisotopic (exact) mass is 1910 g/mol. The van der Waals surface area contributed by atoms with Crippen LogP contribution in [-0.2, 0) is 0 Å². The molecule has 108 heavy (non-hydrogen) atoms. The largest absolute Gasteiger partial charge is 0.505 e. The molecule has 0 atom stereocenters. The Morgan fingerprint density at radius 2 is 0.759 bits per heavy atom. The number of thiocarbonyl (C=S) groups is 2. The van der Waals surface area contributed by atoms with Gasteiger partial charge in [0.2, 0.25) is 0 Å². The van der Waals surface area contributed by atoms with E-state index < -0.39 is 14.8 Å². The molecule has 46 heteroatoms. The highest BCUT2D eigenvalue weighted by atomic mass is 35.5. The molecule has 2 aromatic heterocycles. The first-order chi connectivity index (χ1) is 49.8. The fraction of sp³-hybridized carbons (Fsp3) is 0.226. The van der Waals surface area contributed by atoms with Gasteiger partial charge in [-0.1, -0.05) is 225 Å². The zero-order valence-corrected chi connectivity index (χ0v) is 74.6. The number of ether oxygens (including phenoxy) is 1. The highest BCUT2D eigenvalue weighted by Gasteiger charge is 2.22. The molecule has 24 nitrogen and oxygen atoms in total. The van der Waals surface area contributed by atoms with Gasteiger partial charge >= 0.3 is 0 Å². The van der Waals surface area contributed by atoms with E-state index in [0.29, 0.717) is 97.6 Å². The van der Waals surface area contributed by atoms with Crippen LogP contribution >= 0.6 is 258 Å². The quantitative estimate of drug-likeness (QED) is 0.0124. The smallest absolute Gasteiger partial charge is 0.286 e. The summed E-state index contributed by atoms with van der Waals surface area (Å²) in [5, 5.41) is 60.0. The Bertz CT molecular complexity index is 4330. The summed E-state index contributed by atoms with van der Waals surface area (Å²) in [4.78, 5) is 60.6. The Balaban J connectivity index is 0.000000628. The van der Waals surface area contributed by atoms with Crippen LogP contribution in [0.15, 0.2) is 110 Å². The summed E-state index contributed by atoms with van der Waals surface area (Å²) < 4.78 is 5.64. The van der Waals surface area contributed by atoms with Crippen molar-refractivity contribution in [3.63, 3.8) is 0 Å². The van der Waals surface area contributed by atoms with Gasteiger partial charge in [-0.05, 0) is 119 Å². The molecule has 8 aromatic rings. The lowest BCUT2D eigenvalue weighted by Gasteiger charge is -2.15. The number of benzene rings is 6. The van der Waals surface area contributed by atoms with Crippen molar-refractivity contribution in [3.8, 4) is 11.5 Å². The van der Waals surface area contributed by atoms with E-state index in [1.807, 2.05) is 33.8 Å². The highest BCUT2D eigenvalue weighted by Crippen LogP contribution is 2.43. The number of aromatic nitrogens is 4. The first kappa shape index (κ1) is 101. The zero-order valence-electron chi connectivity index (χ0n) is 57.5. The third kappa shape index (κ3) is 35.6. The van der Waals surface area contributed by atoms with Crippen molar-refractivity contribution in [2.75, 3.05) is 73.6 Å². The molecule has 0 saturated heterocycles. The number of nitro benzene ring substituents is 3. The molecule has 0 bridgehead atoms. The van der Waals surface area contributed by atoms with Gasteiger partial charge in [-0.3, -0.25) is 39.9 Å². The van der Waals surface area contributed by atoms with Crippen LogP contribution in [0.25, 0.3) is 0 Å². The van der Waals surface area contributed by atoms with Crippen LogP contribution in [0.3, 0.4) is 0 Å². The minimum atomic E-state index is -0.642. The molecule has 0 spiro atoms. The van der Waals surface area contributed by atoms with Crippen LogP contribution in [0.1, 0.15) is 50.7 Å². The fourth-order valence-electron chi connectivity index (χ4n) is 6.33. The molecular weight excluding hydrogens is 1860 g/mol. The molecule has 0 aliphatic heterocycles. The van der Waals surface area contributed by atoms with Crippen LogP contribution < -0.4 is 21.9 Å². The SMILES string of the molecule is CC(C)c1cc(Cl)nnc1Cl.CC(C)c1cc(Sc2c(Cl)cc(N)cc2Cl)nnc1Cl.CN(C)C(=O)Sc1c(Cl)cc(N)cc1Cl.CN(C)C(=O)Sc1c(Cl)cc([N+](=O)[O-])cc1Cl.CN(C)C(=S)Cl.CN(C)C(=S)Oc1c(Cl)cc([N+](=O)[O-])cc1Cl.Nc1cc(Cl)c(S)c(Cl)c1.O=[N+]([O-])c1cc(Cl)c(O)c(Cl)c1. The topological polar surface area (TPSA) is 336 Å². The Morgan fingerprint density at radius 1 is 0.463 bits per heavy atom. The molecular formula is C62H60Cl16N14O10S6. The van der Waals surface area contributed by atoms with E-state index in [9.17, 15) is 39.9 Å². The van der Waals surface area contributed by atoms with Crippen LogP contribution in [0.2, 0.25) is 75.7 Å². The number of carbonyl (C=O) groups excluding carboxylic acids is 2. The molecule has 0 radical (unpaired) electrons. The number of phenolic OH excluding ortho intramolecular Hbond substituents is 1. The minimum Gasteiger partial charge on any atom is -0.505 e. The molecule has 0 fully saturated rings. The van der Waals surface area contributed by atoms with Gasteiger partial charge in [0.05, 0.1) is 89.7 Å². The summed E-state index contributed by atoms with van der Waals surface area (Å²) >= 11 is 109. The number of aromatic hydroxyl groups is 1. The van der Waals surface area contributed by atoms with E-state index in [2.05, 4.69) is 45.2 Å². The van der Waals surface area contributed by atoms with Gasteiger partial charge in [-0.25, -0.2) is 0 Å². The number of nitro groups is 3. The van der Waals surface area contributed by atoms with Gasteiger partial charge in [-0.15, -0.1) is 33.0 Å². The fourth-order valence-corrected chi connectivity index (χ4v) is 13.2. The number of thioether (sulfide) groups is 2. The number of rotatable bonds is 10. The molecule has 2 heterocycles. The van der Waals surface area contributed by atoms with E-state index in [0.717, 1.165) is 58.9 Å². The van der Waals surface area contributed by atoms with Gasteiger partial charge < -0.3 is 46.6 Å². The summed E-state index contributed by atoms with van der Waals surface area (Å²) in [6.45, 7) is 8.14. The maximum atomic E-state index is 11.5. The lowest BCUT2D eigenvalue weighted by Crippen LogP contribution is -2.25. The number of phenols is 1. The number of nitrogens with zero attached hydrogens (tertiary/aromatic N) is 11. The van der Waals surface area contributed by atoms with Crippen LogP contribution in [0, 0.1) is 30.3 Å². The number of nitrogen functional groups attached to an aromatic ring is 3. The Labute approximate surface area is 730 Å². The summed E-state index contributed by atoms with van der Waals surface area (Å²) in [7, 11) is 13.5. The van der Waals surface area contributed by atoms with E-state index >= 15 is 0 Å². The summed E-state index contributed by atoms with van der Waals surface area (Å²) in [6, 6.07) is 20.0. The Kier molecular flexibility index (Phi) is 46.2. The average molecular weight is 1920 g/mol. The molecule has 0 saturated carbocycles. The molecule has 6 aromatic carbocycles. The molecule has 2 amide bonds. The normalized spacial score (nSPS) is 10.1. The van der Waals surface area contributed by atoms with Crippen molar-refractivity contribution in [1.29, 1.82) is 0 Å². The number of hydrogen-bond acceptors (Lipinski definition) is 23. The lowest BCUT2D eigenvalue weighted by atomic mass is 10.1. The van der Waals surface area contributed by atoms with Crippen molar-refractivity contribution in [2.24, 2.45) is 0 Å². The predicted molar refractivity (Wildman–Crippen MR) is 461 cm³/mol. The number of anilines is 3. The highest BCUT2D eigenvalue weighted by molar-refractivity contribution is 8.14. The van der Waals surface area contributed by atoms with Crippen LogP contribution in [-0.4, -0.2) is 136 Å². The van der Waals surface area contributed by atoms with E-state index in [-0.39, 0.29) is 80.3 Å². The minimum absolute atomic E-state index is 0.0356. The van der Waals surface area contributed by atoms with Gasteiger partial charge in [0.15, 0.2) is 31.4 Å². The number of non-ortho nitro benzene ring substituents is 3. The molecule has 586 valence electrons. The second-order valence-electron chi connectivity index (χ2n) is 21.7. The second-order valence-corrected chi connectivity index (χ2v) is 32.4. The van der Waals surface area contributed by atoms with Crippen LogP contribution in [0.5, 0.6) is 11.5 Å². The number of carbonyl (C=O) groups is 2. The number of thiol groups is 1. The summed E-state index contributed by atoms with van der Waals surface area (Å²) in [5.74, 6) is 0.353. The van der Waals surface area contributed by atoms with E-state index in [4.69, 9.17) is 225 Å². The molecule has 0 unspecified atom stereocenters. The summed E-state index contributed by atoms with van der Waals surface area (Å²) in [6.07, 6.45) is 0. The van der Waals surface area contributed by atoms with Gasteiger partial charge in [0, 0.05) is 115 Å². The second kappa shape index (κ2) is 49.2. The zero-order chi connectivity index (χ0) is 83.4. The van der Waals surface area contributed by atoms with Crippen molar-refractivity contribution in [2.45, 2.75) is 64.1 Å². The van der Waals surface area contributed by atoms with E-state index in [1.165, 1.54) is 33.7 Å². The van der Waals surface area contributed by atoms with Crippen molar-refractivity contribution in [3.05, 3.63) is 202 Å². The lowest BCUT2D eigenvalue weighted by molar-refractivity contribution is -0.385. The van der Waals surface area contributed by atoms with E-state index in [1.54, 1.807) is 109 Å². The molecule has 7 N–H and O–H groups in total. The number of hydrogen-bond donors (Lipinski definition) is 5. The van der Waals surface area contributed by atoms with Gasteiger partial charge in [-0.2, -0.15) is 0 Å². The van der Waals surface area contributed by atoms with Crippen molar-refractivity contribution in [1.82, 2.24) is 40.0 Å². The summed E-state index contributed by atoms with van der Waals surface area (Å²) in [5.41, 5.74) is 19.4. The third-order valence-corrected chi connectivity index (χ3v) is 21.9. The maximum absolute atomic E-state index is 11.5. The number of halogens is 16. The standard InChI is InChI=1S/C13H12Cl3N3S.2C9H8Cl2N2O3S.C9H10Cl2N2OS.C7H8Cl2N2.C6H3Cl2NO3.C6H5Cl2NS.C3H6ClNS/c1-6(2)8-5-11(18-19-13(8)16)20-12-9(14)3-7(17)4-10(12)15;1-12(2)9(17)16-8-6(10)3-5(13(14)15)4-7(8)11;1-12(2)9(14)17-8-6(10)3-5(13(15)16)4-7(8)11;1-13(2)9(14)15-8-6(10)3-5(12)4-7(8)11;1-4(2)5-3-6(8)10-11-7(5)9;7-4-1-3(9(11)12)2-5(8)6(4)10;7-4-1-3(9)2-5(8)6(4)10;1-5(2)3(4)6/h3-6H,17H2,1-2H3;2*3-4H,1-2H3;3-4H,12H2,1-2H3;3-4H,1-2H3;1-2,10H;1-2,10H,9H2;1-2H3. The number of nitrogens with two attached hydrogens (primary N) is 3. The van der Waals surface area contributed by atoms with Gasteiger partial charge in [0.25, 0.3) is 32.7 Å². The van der Waals surface area contributed by atoms with Gasteiger partial charge in [0.1, 0.15) is 5.03 Å². The number of amides is 2. The van der Waals surface area contributed by atoms with Crippen LogP contribution in [0.4, 0.5) is 43.7 Å². The maximum Gasteiger partial charge on any atom is 0.286 e. The predicted octanol–water partition coefficient (Wildman–Crippen LogP) is 24.9. The molecule has 0 aliphatic carbocycles. The van der Waals surface area contributed by atoms with Crippen molar-refractivity contribution >= 4 is 312 Å². The third-order valence-electron chi connectivity index (χ3n) is 11.6. The molecule has 8 rings (SSSR count). The first-order valence-electron chi connectivity index (χ1n) is 28.8. The Morgan fingerprint density at radius 3 is 1.06 bits per heavy atom. The molecule has 0 aliphatic rings. The van der Waals surface area contributed by atoms with Crippen molar-refractivity contribution < 1.29 is 34.2 Å². The Hall–Kier alpha value is -4.56. The first-order valence-corrected chi connectivity index (χ1v) is 38.5. The average Bonchev–Trinajstić information content (AvgIpc) is 0.836.